The third-order valence-electron chi connectivity index (χ3n) is 2.48. The molecule has 0 aliphatic heterocycles. The minimum Gasteiger partial charge on any atom is -0.481 e. The van der Waals surface area contributed by atoms with Crippen molar-refractivity contribution in [3.05, 3.63) is 28.8 Å². The SMILES string of the molecule is CCSc1ccc(Cl)cc1C(=O)N(C)CCC(=O)O. The van der Waals surface area contributed by atoms with Crippen LogP contribution in [0.3, 0.4) is 0 Å². The number of carboxylic acid groups (broad SMARTS) is 1. The summed E-state index contributed by atoms with van der Waals surface area (Å²) >= 11 is 7.48. The molecule has 0 atom stereocenters. The summed E-state index contributed by atoms with van der Waals surface area (Å²) in [6.45, 7) is 2.18. The highest BCUT2D eigenvalue weighted by Gasteiger charge is 2.17. The zero-order valence-electron chi connectivity index (χ0n) is 10.9. The van der Waals surface area contributed by atoms with Gasteiger partial charge in [0, 0.05) is 23.5 Å². The topological polar surface area (TPSA) is 57.6 Å². The Morgan fingerprint density at radius 3 is 2.68 bits per heavy atom. The van der Waals surface area contributed by atoms with Crippen molar-refractivity contribution in [2.24, 2.45) is 0 Å². The summed E-state index contributed by atoms with van der Waals surface area (Å²) in [4.78, 5) is 25.1. The largest absolute Gasteiger partial charge is 0.481 e. The van der Waals surface area contributed by atoms with Crippen LogP contribution in [0.5, 0.6) is 0 Å². The number of rotatable bonds is 6. The van der Waals surface area contributed by atoms with Gasteiger partial charge in [-0.1, -0.05) is 18.5 Å². The molecule has 0 aromatic heterocycles. The monoisotopic (exact) mass is 301 g/mol. The average Bonchev–Trinajstić information content (AvgIpc) is 2.37. The van der Waals surface area contributed by atoms with Gasteiger partial charge in [-0.25, -0.2) is 0 Å². The predicted molar refractivity (Wildman–Crippen MR) is 77.1 cm³/mol. The van der Waals surface area contributed by atoms with Crippen LogP contribution in [0.1, 0.15) is 23.7 Å². The fourth-order valence-corrected chi connectivity index (χ4v) is 2.47. The van der Waals surface area contributed by atoms with E-state index in [1.807, 2.05) is 13.0 Å². The maximum Gasteiger partial charge on any atom is 0.305 e. The maximum atomic E-state index is 12.3. The summed E-state index contributed by atoms with van der Waals surface area (Å²) < 4.78 is 0. The van der Waals surface area contributed by atoms with E-state index in [1.54, 1.807) is 30.9 Å². The molecule has 0 unspecified atom stereocenters. The van der Waals surface area contributed by atoms with Gasteiger partial charge in [0.2, 0.25) is 0 Å². The first-order chi connectivity index (χ1) is 8.95. The minimum atomic E-state index is -0.922. The van der Waals surface area contributed by atoms with Crippen molar-refractivity contribution in [2.45, 2.75) is 18.2 Å². The summed E-state index contributed by atoms with van der Waals surface area (Å²) in [5.74, 6) is -0.283. The van der Waals surface area contributed by atoms with E-state index in [2.05, 4.69) is 0 Å². The highest BCUT2D eigenvalue weighted by atomic mass is 35.5. The molecule has 4 nitrogen and oxygen atoms in total. The lowest BCUT2D eigenvalue weighted by Gasteiger charge is -2.18. The highest BCUT2D eigenvalue weighted by Crippen LogP contribution is 2.26. The molecule has 19 heavy (non-hydrogen) atoms. The van der Waals surface area contributed by atoms with Crippen LogP contribution in [0.4, 0.5) is 0 Å². The highest BCUT2D eigenvalue weighted by molar-refractivity contribution is 7.99. The van der Waals surface area contributed by atoms with Gasteiger partial charge in [-0.05, 0) is 24.0 Å². The van der Waals surface area contributed by atoms with E-state index in [-0.39, 0.29) is 18.9 Å². The smallest absolute Gasteiger partial charge is 0.305 e. The Hall–Kier alpha value is -1.20. The van der Waals surface area contributed by atoms with E-state index in [0.29, 0.717) is 10.6 Å². The Labute approximate surface area is 121 Å². The maximum absolute atomic E-state index is 12.3. The van der Waals surface area contributed by atoms with Crippen molar-refractivity contribution < 1.29 is 14.7 Å². The molecule has 1 aromatic rings. The number of carbonyl (C=O) groups excluding carboxylic acids is 1. The van der Waals surface area contributed by atoms with Crippen molar-refractivity contribution in [3.63, 3.8) is 0 Å². The molecule has 0 aliphatic rings. The Morgan fingerprint density at radius 1 is 1.42 bits per heavy atom. The first-order valence-corrected chi connectivity index (χ1v) is 7.21. The van der Waals surface area contributed by atoms with Gasteiger partial charge in [-0.15, -0.1) is 11.8 Å². The van der Waals surface area contributed by atoms with E-state index in [1.165, 1.54) is 4.90 Å². The number of hydrogen-bond acceptors (Lipinski definition) is 3. The number of halogens is 1. The Balaban J connectivity index is 2.90. The van der Waals surface area contributed by atoms with E-state index in [9.17, 15) is 9.59 Å². The summed E-state index contributed by atoms with van der Waals surface area (Å²) in [5, 5.41) is 9.13. The summed E-state index contributed by atoms with van der Waals surface area (Å²) in [6, 6.07) is 5.18. The van der Waals surface area contributed by atoms with Crippen LogP contribution in [0, 0.1) is 0 Å². The van der Waals surface area contributed by atoms with Crippen molar-refractivity contribution >= 4 is 35.2 Å². The van der Waals surface area contributed by atoms with Crippen molar-refractivity contribution in [3.8, 4) is 0 Å². The number of aliphatic carboxylic acids is 1. The molecule has 0 fully saturated rings. The normalized spacial score (nSPS) is 10.3. The van der Waals surface area contributed by atoms with Gasteiger partial charge in [0.15, 0.2) is 0 Å². The van der Waals surface area contributed by atoms with E-state index in [0.717, 1.165) is 10.6 Å². The average molecular weight is 302 g/mol. The van der Waals surface area contributed by atoms with Gasteiger partial charge in [-0.2, -0.15) is 0 Å². The molecule has 1 N–H and O–H groups in total. The molecule has 0 aliphatic carbocycles. The van der Waals surface area contributed by atoms with Crippen molar-refractivity contribution in [1.29, 1.82) is 0 Å². The van der Waals surface area contributed by atoms with E-state index >= 15 is 0 Å². The zero-order valence-corrected chi connectivity index (χ0v) is 12.4. The Kier molecular flexibility index (Phi) is 6.18. The van der Waals surface area contributed by atoms with Crippen molar-refractivity contribution in [2.75, 3.05) is 19.3 Å². The van der Waals surface area contributed by atoms with Gasteiger partial charge >= 0.3 is 5.97 Å². The number of hydrogen-bond donors (Lipinski definition) is 1. The number of benzene rings is 1. The lowest BCUT2D eigenvalue weighted by Crippen LogP contribution is -2.29. The second-order valence-corrected chi connectivity index (χ2v) is 5.69. The number of amides is 1. The third-order valence-corrected chi connectivity index (χ3v) is 3.67. The van der Waals surface area contributed by atoms with Gasteiger partial charge in [0.05, 0.1) is 12.0 Å². The molecule has 0 radical (unpaired) electrons. The predicted octanol–water partition coefficient (Wildman–Crippen LogP) is 3.00. The van der Waals surface area contributed by atoms with Crippen LogP contribution in [-0.2, 0) is 4.79 Å². The second-order valence-electron chi connectivity index (χ2n) is 3.94. The van der Waals surface area contributed by atoms with Gasteiger partial charge < -0.3 is 10.0 Å². The summed E-state index contributed by atoms with van der Waals surface area (Å²) in [5.41, 5.74) is 0.521. The first-order valence-electron chi connectivity index (χ1n) is 5.85. The third kappa shape index (κ3) is 4.76. The van der Waals surface area contributed by atoms with Gasteiger partial charge in [-0.3, -0.25) is 9.59 Å². The van der Waals surface area contributed by atoms with Crippen LogP contribution in [0.15, 0.2) is 23.1 Å². The number of carbonyl (C=O) groups is 2. The standard InChI is InChI=1S/C13H16ClNO3S/c1-3-19-11-5-4-9(14)8-10(11)13(18)15(2)7-6-12(16)17/h4-5,8H,3,6-7H2,1-2H3,(H,16,17). The number of thioether (sulfide) groups is 1. The second kappa shape index (κ2) is 7.40. The zero-order chi connectivity index (χ0) is 14.4. The molecule has 0 saturated carbocycles. The van der Waals surface area contributed by atoms with E-state index < -0.39 is 5.97 Å². The fraction of sp³-hybridized carbons (Fsp3) is 0.385. The molecule has 1 rings (SSSR count). The molecule has 6 heteroatoms. The first kappa shape index (κ1) is 15.9. The number of nitrogens with zero attached hydrogens (tertiary/aromatic N) is 1. The fourth-order valence-electron chi connectivity index (χ4n) is 1.52. The van der Waals surface area contributed by atoms with Crippen LogP contribution >= 0.6 is 23.4 Å². The van der Waals surface area contributed by atoms with Crippen LogP contribution in [0.25, 0.3) is 0 Å². The Bertz CT molecular complexity index is 479. The van der Waals surface area contributed by atoms with Crippen molar-refractivity contribution in [1.82, 2.24) is 4.90 Å². The molecular formula is C13H16ClNO3S. The molecule has 0 spiro atoms. The molecule has 1 aromatic carbocycles. The van der Waals surface area contributed by atoms with Gasteiger partial charge in [0.25, 0.3) is 5.91 Å². The Morgan fingerprint density at radius 2 is 2.11 bits per heavy atom. The molecule has 1 amide bonds. The number of carboxylic acids is 1. The molecule has 0 saturated heterocycles. The molecule has 104 valence electrons. The molecular weight excluding hydrogens is 286 g/mol. The molecule has 0 heterocycles. The summed E-state index contributed by atoms with van der Waals surface area (Å²) in [6.07, 6.45) is -0.0704. The minimum absolute atomic E-state index is 0.0704. The lowest BCUT2D eigenvalue weighted by molar-refractivity contribution is -0.137. The quantitative estimate of drug-likeness (QED) is 0.821. The van der Waals surface area contributed by atoms with E-state index in [4.69, 9.17) is 16.7 Å². The van der Waals surface area contributed by atoms with Crippen LogP contribution in [-0.4, -0.2) is 41.2 Å². The van der Waals surface area contributed by atoms with Crippen LogP contribution < -0.4 is 0 Å². The lowest BCUT2D eigenvalue weighted by atomic mass is 10.2. The molecule has 0 bridgehead atoms. The van der Waals surface area contributed by atoms with Gasteiger partial charge in [0.1, 0.15) is 0 Å². The summed E-state index contributed by atoms with van der Waals surface area (Å²) in [7, 11) is 1.59. The van der Waals surface area contributed by atoms with Crippen LogP contribution in [0.2, 0.25) is 5.02 Å².